The standard InChI is InChI=1S/C19H24N4O4/c1-26-15-9-7-13(8-10-15)19-22-18(27-23-19)11-16(24)20-12-17(25)21-14-5-3-2-4-6-14/h7-10,14H,2-6,11-12H2,1H3,(H,20,24)(H,21,25). The molecule has 1 aromatic heterocycles. The molecule has 1 aliphatic carbocycles. The van der Waals surface area contributed by atoms with Gasteiger partial charge in [0.15, 0.2) is 0 Å². The molecule has 1 saturated carbocycles. The summed E-state index contributed by atoms with van der Waals surface area (Å²) in [6, 6.07) is 7.43. The van der Waals surface area contributed by atoms with Gasteiger partial charge in [0.1, 0.15) is 12.2 Å². The fraction of sp³-hybridized carbons (Fsp3) is 0.474. The van der Waals surface area contributed by atoms with E-state index in [2.05, 4.69) is 20.8 Å². The van der Waals surface area contributed by atoms with E-state index in [4.69, 9.17) is 9.26 Å². The molecule has 2 aromatic rings. The molecule has 1 fully saturated rings. The first-order valence-corrected chi connectivity index (χ1v) is 9.17. The molecule has 2 N–H and O–H groups in total. The molecule has 0 saturated heterocycles. The van der Waals surface area contributed by atoms with Gasteiger partial charge in [-0.2, -0.15) is 4.98 Å². The summed E-state index contributed by atoms with van der Waals surface area (Å²) in [7, 11) is 1.59. The lowest BCUT2D eigenvalue weighted by molar-refractivity contribution is -0.126. The number of aromatic nitrogens is 2. The van der Waals surface area contributed by atoms with Crippen LogP contribution in [0.4, 0.5) is 0 Å². The predicted molar refractivity (Wildman–Crippen MR) is 98.0 cm³/mol. The second kappa shape index (κ2) is 9.16. The summed E-state index contributed by atoms with van der Waals surface area (Å²) < 4.78 is 10.2. The maximum atomic E-state index is 12.0. The van der Waals surface area contributed by atoms with Gasteiger partial charge in [-0.25, -0.2) is 0 Å². The van der Waals surface area contributed by atoms with Crippen molar-refractivity contribution in [2.24, 2.45) is 0 Å². The zero-order valence-electron chi connectivity index (χ0n) is 15.4. The van der Waals surface area contributed by atoms with E-state index < -0.39 is 0 Å². The van der Waals surface area contributed by atoms with Crippen molar-refractivity contribution >= 4 is 11.8 Å². The van der Waals surface area contributed by atoms with Crippen molar-refractivity contribution in [3.05, 3.63) is 30.2 Å². The number of amides is 2. The lowest BCUT2D eigenvalue weighted by Crippen LogP contribution is -2.43. The first kappa shape index (κ1) is 18.9. The Morgan fingerprint density at radius 2 is 1.89 bits per heavy atom. The van der Waals surface area contributed by atoms with Gasteiger partial charge in [-0.1, -0.05) is 24.4 Å². The average Bonchev–Trinajstić information content (AvgIpc) is 3.15. The monoisotopic (exact) mass is 372 g/mol. The van der Waals surface area contributed by atoms with Crippen molar-refractivity contribution in [3.8, 4) is 17.1 Å². The highest BCUT2D eigenvalue weighted by Crippen LogP contribution is 2.20. The Hall–Kier alpha value is -2.90. The van der Waals surface area contributed by atoms with Crippen LogP contribution in [0.25, 0.3) is 11.4 Å². The van der Waals surface area contributed by atoms with Gasteiger partial charge in [0.25, 0.3) is 0 Å². The molecule has 0 bridgehead atoms. The number of carbonyl (C=O) groups is 2. The highest BCUT2D eigenvalue weighted by Gasteiger charge is 2.17. The molecule has 0 spiro atoms. The van der Waals surface area contributed by atoms with Crippen LogP contribution in [0.3, 0.4) is 0 Å². The number of rotatable bonds is 7. The zero-order valence-corrected chi connectivity index (χ0v) is 15.4. The van der Waals surface area contributed by atoms with Crippen molar-refractivity contribution < 1.29 is 18.8 Å². The fourth-order valence-corrected chi connectivity index (χ4v) is 3.09. The van der Waals surface area contributed by atoms with Crippen molar-refractivity contribution in [3.63, 3.8) is 0 Å². The van der Waals surface area contributed by atoms with E-state index in [1.54, 1.807) is 19.2 Å². The van der Waals surface area contributed by atoms with Crippen LogP contribution in [0.5, 0.6) is 5.75 Å². The van der Waals surface area contributed by atoms with Gasteiger partial charge in [0.2, 0.25) is 23.5 Å². The van der Waals surface area contributed by atoms with E-state index in [1.807, 2.05) is 12.1 Å². The molecule has 27 heavy (non-hydrogen) atoms. The van der Waals surface area contributed by atoms with Gasteiger partial charge in [-0.15, -0.1) is 0 Å². The Balaban J connectivity index is 1.45. The van der Waals surface area contributed by atoms with Gasteiger partial charge in [-0.05, 0) is 37.1 Å². The topological polar surface area (TPSA) is 106 Å². The Kier molecular flexibility index (Phi) is 6.40. The van der Waals surface area contributed by atoms with E-state index in [-0.39, 0.29) is 36.7 Å². The average molecular weight is 372 g/mol. The molecule has 8 heteroatoms. The van der Waals surface area contributed by atoms with Crippen molar-refractivity contribution in [2.45, 2.75) is 44.6 Å². The molecule has 0 atom stereocenters. The van der Waals surface area contributed by atoms with Crippen LogP contribution in [0.1, 0.15) is 38.0 Å². The Morgan fingerprint density at radius 1 is 1.15 bits per heavy atom. The van der Waals surface area contributed by atoms with E-state index >= 15 is 0 Å². The third-order valence-corrected chi connectivity index (χ3v) is 4.54. The summed E-state index contributed by atoms with van der Waals surface area (Å²) in [6.45, 7) is -0.0468. The van der Waals surface area contributed by atoms with Crippen LogP contribution in [0.15, 0.2) is 28.8 Å². The number of hydrogen-bond donors (Lipinski definition) is 2. The lowest BCUT2D eigenvalue weighted by atomic mass is 9.95. The predicted octanol–water partition coefficient (Wildman–Crippen LogP) is 1.85. The van der Waals surface area contributed by atoms with Gasteiger partial charge >= 0.3 is 0 Å². The molecule has 0 unspecified atom stereocenters. The molecule has 3 rings (SSSR count). The molecular formula is C19H24N4O4. The van der Waals surface area contributed by atoms with E-state index in [0.717, 1.165) is 37.0 Å². The molecule has 1 aromatic carbocycles. The summed E-state index contributed by atoms with van der Waals surface area (Å²) in [5.41, 5.74) is 0.762. The Morgan fingerprint density at radius 3 is 2.59 bits per heavy atom. The lowest BCUT2D eigenvalue weighted by Gasteiger charge is -2.22. The molecular weight excluding hydrogens is 348 g/mol. The van der Waals surface area contributed by atoms with Crippen LogP contribution < -0.4 is 15.4 Å². The SMILES string of the molecule is COc1ccc(-c2noc(CC(=O)NCC(=O)NC3CCCCC3)n2)cc1. The van der Waals surface area contributed by atoms with Gasteiger partial charge in [0.05, 0.1) is 13.7 Å². The maximum Gasteiger partial charge on any atom is 0.239 e. The van der Waals surface area contributed by atoms with E-state index in [1.165, 1.54) is 6.42 Å². The van der Waals surface area contributed by atoms with Gasteiger partial charge in [-0.3, -0.25) is 9.59 Å². The number of benzene rings is 1. The first-order valence-electron chi connectivity index (χ1n) is 9.17. The smallest absolute Gasteiger partial charge is 0.239 e. The summed E-state index contributed by atoms with van der Waals surface area (Å²) in [5, 5.41) is 9.43. The van der Waals surface area contributed by atoms with Crippen molar-refractivity contribution in [1.29, 1.82) is 0 Å². The number of nitrogens with one attached hydrogen (secondary N) is 2. The fourth-order valence-electron chi connectivity index (χ4n) is 3.09. The highest BCUT2D eigenvalue weighted by atomic mass is 16.5. The Bertz CT molecular complexity index is 766. The molecule has 1 heterocycles. The summed E-state index contributed by atoms with van der Waals surface area (Å²) >= 11 is 0. The van der Waals surface area contributed by atoms with Gasteiger partial charge in [0, 0.05) is 11.6 Å². The number of nitrogens with zero attached hydrogens (tertiary/aromatic N) is 2. The van der Waals surface area contributed by atoms with E-state index in [0.29, 0.717) is 5.82 Å². The number of carbonyl (C=O) groups excluding carboxylic acids is 2. The van der Waals surface area contributed by atoms with Crippen LogP contribution in [-0.2, 0) is 16.0 Å². The minimum absolute atomic E-state index is 0.0468. The maximum absolute atomic E-state index is 12.0. The molecule has 2 amide bonds. The Labute approximate surface area is 157 Å². The third-order valence-electron chi connectivity index (χ3n) is 4.54. The second-order valence-corrected chi connectivity index (χ2v) is 6.60. The normalized spacial score (nSPS) is 14.6. The number of methoxy groups -OCH3 is 1. The van der Waals surface area contributed by atoms with Crippen LogP contribution in [0, 0.1) is 0 Å². The molecule has 0 radical (unpaired) electrons. The molecule has 0 aliphatic heterocycles. The summed E-state index contributed by atoms with van der Waals surface area (Å²) in [5.74, 6) is 0.827. The quantitative estimate of drug-likeness (QED) is 0.768. The van der Waals surface area contributed by atoms with E-state index in [9.17, 15) is 9.59 Å². The number of hydrogen-bond acceptors (Lipinski definition) is 6. The minimum atomic E-state index is -0.335. The van der Waals surface area contributed by atoms with Crippen LogP contribution >= 0.6 is 0 Å². The van der Waals surface area contributed by atoms with Gasteiger partial charge < -0.3 is 19.9 Å². The van der Waals surface area contributed by atoms with Crippen molar-refractivity contribution in [1.82, 2.24) is 20.8 Å². The second-order valence-electron chi connectivity index (χ2n) is 6.60. The largest absolute Gasteiger partial charge is 0.497 e. The summed E-state index contributed by atoms with van der Waals surface area (Å²) in [4.78, 5) is 28.1. The first-order chi connectivity index (χ1) is 13.1. The third kappa shape index (κ3) is 5.54. The molecule has 1 aliphatic rings. The summed E-state index contributed by atoms with van der Waals surface area (Å²) in [6.07, 6.45) is 5.47. The highest BCUT2D eigenvalue weighted by molar-refractivity contribution is 5.85. The van der Waals surface area contributed by atoms with Crippen LogP contribution in [0.2, 0.25) is 0 Å². The zero-order chi connectivity index (χ0) is 19.1. The molecule has 144 valence electrons. The van der Waals surface area contributed by atoms with Crippen molar-refractivity contribution in [2.75, 3.05) is 13.7 Å². The minimum Gasteiger partial charge on any atom is -0.497 e. The van der Waals surface area contributed by atoms with Crippen LogP contribution in [-0.4, -0.2) is 41.7 Å². The number of ether oxygens (including phenoxy) is 1. The molecule has 8 nitrogen and oxygen atoms in total.